The van der Waals surface area contributed by atoms with Gasteiger partial charge in [0, 0.05) is 12.1 Å². The van der Waals surface area contributed by atoms with E-state index < -0.39 is 5.91 Å². The molecule has 0 unspecified atom stereocenters. The summed E-state index contributed by atoms with van der Waals surface area (Å²) in [5.74, 6) is 0.192. The minimum atomic E-state index is -0.512. The Hall–Kier alpha value is -1.79. The van der Waals surface area contributed by atoms with Gasteiger partial charge in [-0.1, -0.05) is 37.0 Å². The molecule has 0 radical (unpaired) electrons. The highest BCUT2D eigenvalue weighted by molar-refractivity contribution is 6.34. The Kier molecular flexibility index (Phi) is 4.46. The van der Waals surface area contributed by atoms with E-state index in [4.69, 9.17) is 23.2 Å². The summed E-state index contributed by atoms with van der Waals surface area (Å²) in [6.07, 6.45) is 2.84. The highest BCUT2D eigenvalue weighted by atomic mass is 35.5. The lowest BCUT2D eigenvalue weighted by Crippen LogP contribution is -2.17. The molecule has 0 fully saturated rings. The molecule has 0 saturated carbocycles. The molecule has 6 nitrogen and oxygen atoms in total. The molecule has 2 rings (SSSR count). The van der Waals surface area contributed by atoms with Crippen molar-refractivity contribution in [1.82, 2.24) is 19.9 Å². The second-order valence-electron chi connectivity index (χ2n) is 4.24. The second-order valence-corrected chi connectivity index (χ2v) is 5.03. The third-order valence-corrected chi connectivity index (χ3v) is 2.83. The molecule has 2 heterocycles. The first-order valence-corrected chi connectivity index (χ1v) is 6.55. The fourth-order valence-electron chi connectivity index (χ4n) is 1.38. The topological polar surface area (TPSA) is 80.7 Å². The van der Waals surface area contributed by atoms with Crippen LogP contribution in [0.1, 0.15) is 36.1 Å². The number of rotatable bonds is 3. The molecule has 1 amide bonds. The predicted molar refractivity (Wildman–Crippen MR) is 76.1 cm³/mol. The van der Waals surface area contributed by atoms with E-state index in [9.17, 15) is 4.79 Å². The van der Waals surface area contributed by atoms with E-state index >= 15 is 0 Å². The average Bonchev–Trinajstić information content (AvgIpc) is 2.38. The fourth-order valence-corrected chi connectivity index (χ4v) is 1.69. The van der Waals surface area contributed by atoms with Crippen molar-refractivity contribution in [2.75, 3.05) is 5.32 Å². The quantitative estimate of drug-likeness (QED) is 0.881. The lowest BCUT2D eigenvalue weighted by Gasteiger charge is -2.08. The number of amides is 1. The van der Waals surface area contributed by atoms with Crippen molar-refractivity contribution in [2.24, 2.45) is 0 Å². The Morgan fingerprint density at radius 1 is 1.25 bits per heavy atom. The summed E-state index contributed by atoms with van der Waals surface area (Å²) in [5.41, 5.74) is 0.0777. The SMILES string of the molecule is CC(C)c1ncc(Cl)c(C(=O)Nc2nccc(Cl)n2)n1. The van der Waals surface area contributed by atoms with Crippen LogP contribution in [-0.4, -0.2) is 25.8 Å². The third kappa shape index (κ3) is 3.40. The summed E-state index contributed by atoms with van der Waals surface area (Å²) < 4.78 is 0. The molecule has 1 N–H and O–H groups in total. The van der Waals surface area contributed by atoms with Crippen molar-refractivity contribution in [3.63, 3.8) is 0 Å². The van der Waals surface area contributed by atoms with Gasteiger partial charge in [-0.05, 0) is 6.07 Å². The number of nitrogens with zero attached hydrogens (tertiary/aromatic N) is 4. The summed E-state index contributed by atoms with van der Waals surface area (Å²) in [5, 5.41) is 2.88. The molecule has 8 heteroatoms. The third-order valence-electron chi connectivity index (χ3n) is 2.34. The molecule has 0 saturated heterocycles. The standard InChI is InChI=1S/C12H11Cl2N5O/c1-6(2)10-16-5-7(13)9(18-10)11(20)19-12-15-4-3-8(14)17-12/h3-6H,1-2H3,(H,15,17,19,20). The number of carbonyl (C=O) groups excluding carboxylic acids is 1. The lowest BCUT2D eigenvalue weighted by atomic mass is 10.2. The van der Waals surface area contributed by atoms with E-state index in [0.29, 0.717) is 5.82 Å². The molecular formula is C12H11Cl2N5O. The fraction of sp³-hybridized carbons (Fsp3) is 0.250. The normalized spacial score (nSPS) is 10.7. The van der Waals surface area contributed by atoms with Gasteiger partial charge in [0.1, 0.15) is 11.0 Å². The van der Waals surface area contributed by atoms with Gasteiger partial charge < -0.3 is 0 Å². The first-order chi connectivity index (χ1) is 9.47. The van der Waals surface area contributed by atoms with Gasteiger partial charge in [-0.25, -0.2) is 19.9 Å². The molecule has 2 aromatic rings. The van der Waals surface area contributed by atoms with Crippen LogP contribution < -0.4 is 5.32 Å². The van der Waals surface area contributed by atoms with Gasteiger partial charge in [-0.3, -0.25) is 10.1 Å². The van der Waals surface area contributed by atoms with E-state index in [1.54, 1.807) is 0 Å². The van der Waals surface area contributed by atoms with E-state index in [1.807, 2.05) is 13.8 Å². The van der Waals surface area contributed by atoms with Crippen molar-refractivity contribution in [3.8, 4) is 0 Å². The molecule has 0 aliphatic rings. The number of aromatic nitrogens is 4. The van der Waals surface area contributed by atoms with Gasteiger partial charge in [0.25, 0.3) is 5.91 Å². The molecule has 0 aliphatic carbocycles. The number of hydrogen-bond acceptors (Lipinski definition) is 5. The molecular weight excluding hydrogens is 301 g/mol. The van der Waals surface area contributed by atoms with Gasteiger partial charge in [-0.15, -0.1) is 0 Å². The minimum Gasteiger partial charge on any atom is -0.289 e. The zero-order valence-electron chi connectivity index (χ0n) is 10.8. The predicted octanol–water partition coefficient (Wildman–Crippen LogP) is 2.95. The zero-order valence-corrected chi connectivity index (χ0v) is 12.3. The Morgan fingerprint density at radius 2 is 2.00 bits per heavy atom. The number of anilines is 1. The van der Waals surface area contributed by atoms with Gasteiger partial charge in [0.15, 0.2) is 5.69 Å². The van der Waals surface area contributed by atoms with E-state index in [2.05, 4.69) is 25.3 Å². The van der Waals surface area contributed by atoms with Crippen molar-refractivity contribution in [3.05, 3.63) is 40.2 Å². The Bertz CT molecular complexity index is 647. The molecule has 0 atom stereocenters. The van der Waals surface area contributed by atoms with E-state index in [0.717, 1.165) is 0 Å². The average molecular weight is 312 g/mol. The van der Waals surface area contributed by atoms with Gasteiger partial charge in [0.2, 0.25) is 5.95 Å². The van der Waals surface area contributed by atoms with Crippen LogP contribution >= 0.6 is 23.2 Å². The van der Waals surface area contributed by atoms with Crippen molar-refractivity contribution in [1.29, 1.82) is 0 Å². The molecule has 104 valence electrons. The molecule has 20 heavy (non-hydrogen) atoms. The van der Waals surface area contributed by atoms with E-state index in [-0.39, 0.29) is 27.7 Å². The monoisotopic (exact) mass is 311 g/mol. The van der Waals surface area contributed by atoms with Crippen LogP contribution in [-0.2, 0) is 0 Å². The van der Waals surface area contributed by atoms with E-state index in [1.165, 1.54) is 18.5 Å². The van der Waals surface area contributed by atoms with Gasteiger partial charge in [0.05, 0.1) is 11.2 Å². The summed E-state index contributed by atoms with van der Waals surface area (Å²) in [6, 6.07) is 1.51. The number of halogens is 2. The smallest absolute Gasteiger partial charge is 0.278 e. The lowest BCUT2D eigenvalue weighted by molar-refractivity contribution is 0.102. The first-order valence-electron chi connectivity index (χ1n) is 5.79. The first kappa shape index (κ1) is 14.6. The Morgan fingerprint density at radius 3 is 2.65 bits per heavy atom. The van der Waals surface area contributed by atoms with Crippen LogP contribution in [0.5, 0.6) is 0 Å². The maximum Gasteiger partial charge on any atom is 0.278 e. The summed E-state index contributed by atoms with van der Waals surface area (Å²) in [6.45, 7) is 3.84. The molecule has 2 aromatic heterocycles. The largest absolute Gasteiger partial charge is 0.289 e. The van der Waals surface area contributed by atoms with Crippen LogP contribution in [0.4, 0.5) is 5.95 Å². The number of hydrogen-bond donors (Lipinski definition) is 1. The maximum atomic E-state index is 12.1. The maximum absolute atomic E-state index is 12.1. The number of carbonyl (C=O) groups is 1. The number of nitrogens with one attached hydrogen (secondary N) is 1. The van der Waals surface area contributed by atoms with Crippen LogP contribution in [0, 0.1) is 0 Å². The summed E-state index contributed by atoms with van der Waals surface area (Å²) in [4.78, 5) is 28.1. The second kappa shape index (κ2) is 6.11. The van der Waals surface area contributed by atoms with Crippen LogP contribution in [0.2, 0.25) is 10.2 Å². The highest BCUT2D eigenvalue weighted by Gasteiger charge is 2.16. The molecule has 0 bridgehead atoms. The van der Waals surface area contributed by atoms with Crippen molar-refractivity contribution < 1.29 is 4.79 Å². The van der Waals surface area contributed by atoms with Gasteiger partial charge >= 0.3 is 0 Å². The van der Waals surface area contributed by atoms with Gasteiger partial charge in [-0.2, -0.15) is 0 Å². The highest BCUT2D eigenvalue weighted by Crippen LogP contribution is 2.17. The van der Waals surface area contributed by atoms with Crippen molar-refractivity contribution >= 4 is 35.1 Å². The minimum absolute atomic E-state index is 0.0777. The zero-order chi connectivity index (χ0) is 14.7. The summed E-state index contributed by atoms with van der Waals surface area (Å²) in [7, 11) is 0. The van der Waals surface area contributed by atoms with Crippen LogP contribution in [0.3, 0.4) is 0 Å². The van der Waals surface area contributed by atoms with Crippen LogP contribution in [0.15, 0.2) is 18.5 Å². The Balaban J connectivity index is 2.27. The Labute approximate surface area is 125 Å². The molecule has 0 aliphatic heterocycles. The van der Waals surface area contributed by atoms with Crippen molar-refractivity contribution in [2.45, 2.75) is 19.8 Å². The molecule has 0 spiro atoms. The molecule has 0 aromatic carbocycles. The summed E-state index contributed by atoms with van der Waals surface area (Å²) >= 11 is 11.7. The van der Waals surface area contributed by atoms with Crippen LogP contribution in [0.25, 0.3) is 0 Å².